The summed E-state index contributed by atoms with van der Waals surface area (Å²) in [6.45, 7) is 0. The molecule has 2 unspecified atom stereocenters. The molecule has 0 aliphatic heterocycles. The van der Waals surface area contributed by atoms with Gasteiger partial charge in [-0.25, -0.2) is 0 Å². The molecular weight excluding hydrogens is 228 g/mol. The highest BCUT2D eigenvalue weighted by Crippen LogP contribution is 1.83. The largest absolute Gasteiger partial charge is 0.147 e. The quantitative estimate of drug-likeness (QED) is 0.616. The van der Waals surface area contributed by atoms with Gasteiger partial charge >= 0.3 is 0 Å². The van der Waals surface area contributed by atoms with E-state index in [0.717, 1.165) is 0 Å². The van der Waals surface area contributed by atoms with E-state index in [9.17, 15) is 0 Å². The molecule has 0 saturated heterocycles. The van der Waals surface area contributed by atoms with Crippen LogP contribution < -0.4 is 0 Å². The summed E-state index contributed by atoms with van der Waals surface area (Å²) < 4.78 is 0. The van der Waals surface area contributed by atoms with Gasteiger partial charge in [-0.05, 0) is 18.5 Å². The molecule has 0 nitrogen and oxygen atoms in total. The van der Waals surface area contributed by atoms with E-state index in [1.54, 1.807) is 0 Å². The molecule has 0 amide bonds. The molecule has 0 spiro atoms. The van der Waals surface area contributed by atoms with Crippen LogP contribution in [0.3, 0.4) is 0 Å². The van der Waals surface area contributed by atoms with Gasteiger partial charge in [-0.2, -0.15) is 0 Å². The first-order valence-corrected chi connectivity index (χ1v) is 3.50. The molecule has 2 atom stereocenters. The van der Waals surface area contributed by atoms with Crippen LogP contribution in [0.2, 0.25) is 0 Å². The Labute approximate surface area is 80.4 Å². The maximum atomic E-state index is 2.03. The van der Waals surface area contributed by atoms with Crippen molar-refractivity contribution in [2.45, 2.75) is 0 Å². The molecule has 0 N–H and O–H groups in total. The Hall–Kier alpha value is 2.02. The predicted octanol–water partition coefficient (Wildman–Crippen LogP) is 1.89. The number of hydrogen-bond donors (Lipinski definition) is 0. The maximum absolute atomic E-state index is 2.03. The van der Waals surface area contributed by atoms with Crippen LogP contribution in [-0.4, -0.2) is 12.3 Å². The zero-order valence-electron chi connectivity index (χ0n) is 4.46. The molecule has 0 aromatic heterocycles. The van der Waals surface area contributed by atoms with Crippen LogP contribution in [0, 0.1) is 0 Å². The van der Waals surface area contributed by atoms with Crippen LogP contribution >= 0.6 is 68.1 Å². The van der Waals surface area contributed by atoms with E-state index >= 15 is 0 Å². The Morgan fingerprint density at radius 1 is 0.625 bits per heavy atom. The monoisotopic (exact) mass is 240 g/mol. The lowest BCUT2D eigenvalue weighted by atomic mass is 11.0. The second-order valence-corrected chi connectivity index (χ2v) is 2.12. The van der Waals surface area contributed by atoms with Crippen molar-refractivity contribution < 1.29 is 0 Å². The summed E-state index contributed by atoms with van der Waals surface area (Å²) in [6.07, 6.45) is 2.72. The molecule has 0 radical (unpaired) electrons. The molecule has 0 aromatic carbocycles. The summed E-state index contributed by atoms with van der Waals surface area (Å²) in [6, 6.07) is 0. The third kappa shape index (κ3) is 43.3. The minimum Gasteiger partial charge on any atom is -0.147 e. The molecule has 0 heterocycles. The molecule has 0 aliphatic carbocycles. The number of hydrogen-bond acceptors (Lipinski definition) is 0. The number of halogens is 4. The van der Waals surface area contributed by atoms with Crippen molar-refractivity contribution in [2.75, 3.05) is 12.3 Å². The third-order valence-electron chi connectivity index (χ3n) is 0.250. The van der Waals surface area contributed by atoms with Gasteiger partial charge < -0.3 is 0 Å². The lowest BCUT2D eigenvalue weighted by Crippen LogP contribution is -1.61. The van der Waals surface area contributed by atoms with Gasteiger partial charge in [-0.1, -0.05) is 0 Å². The molecule has 6 heteroatoms. The van der Waals surface area contributed by atoms with E-state index in [4.69, 9.17) is 0 Å². The first-order valence-electron chi connectivity index (χ1n) is 1.50. The van der Waals surface area contributed by atoms with Crippen molar-refractivity contribution in [3.8, 4) is 0 Å². The Morgan fingerprint density at radius 2 is 0.750 bits per heavy atom. The zero-order valence-corrected chi connectivity index (χ0v) is 10.6. The highest BCUT2D eigenvalue weighted by molar-refractivity contribution is 7.21. The molecule has 0 aliphatic rings. The second kappa shape index (κ2) is 35.9. The fraction of sp³-hybridized carbons (Fsp3) is 1.00. The predicted molar refractivity (Wildman–Crippen MR) is 60.9 cm³/mol. The van der Waals surface area contributed by atoms with Gasteiger partial charge in [0, 0.05) is 0 Å². The van der Waals surface area contributed by atoms with Crippen LogP contribution in [0.1, 0.15) is 0 Å². The first kappa shape index (κ1) is 32.3. The third-order valence-corrected chi connectivity index (χ3v) is 2.25. The van der Waals surface area contributed by atoms with Crippen molar-refractivity contribution in [3.05, 3.63) is 0 Å². The van der Waals surface area contributed by atoms with E-state index in [-0.39, 0.29) is 49.6 Å². The normalized spacial score (nSPS) is 4.50. The van der Waals surface area contributed by atoms with Gasteiger partial charge in [0.2, 0.25) is 0 Å². The van der Waals surface area contributed by atoms with Crippen LogP contribution in [0.25, 0.3) is 0 Å². The molecule has 0 aromatic rings. The average Bonchev–Trinajstić information content (AvgIpc) is 1.37. The fourth-order valence-corrected chi connectivity index (χ4v) is 0. The number of rotatable bonds is 1. The zero-order chi connectivity index (χ0) is 3.41. The van der Waals surface area contributed by atoms with Crippen molar-refractivity contribution in [1.82, 2.24) is 0 Å². The Morgan fingerprint density at radius 3 is 0.750 bits per heavy atom. The maximum Gasteiger partial charge on any atom is 0.0856 e. The minimum atomic E-state index is 0. The fourth-order valence-electron chi connectivity index (χ4n) is 0. The summed E-state index contributed by atoms with van der Waals surface area (Å²) in [5.41, 5.74) is 0. The lowest BCUT2D eigenvalue weighted by Gasteiger charge is -1.56. The molecule has 0 rings (SSSR count). The van der Waals surface area contributed by atoms with Crippen LogP contribution in [0.15, 0.2) is 0 Å². The molecular formula is C2H14Cl4P2+2. The van der Waals surface area contributed by atoms with Gasteiger partial charge in [-0.15, -0.1) is 49.6 Å². The molecule has 0 saturated carbocycles. The van der Waals surface area contributed by atoms with Crippen molar-refractivity contribution >= 4 is 68.1 Å². The second-order valence-electron chi connectivity index (χ2n) is 0.707. The highest BCUT2D eigenvalue weighted by atomic mass is 35.5. The van der Waals surface area contributed by atoms with Crippen molar-refractivity contribution in [3.63, 3.8) is 0 Å². The molecule has 0 fully saturated rings. The van der Waals surface area contributed by atoms with Gasteiger partial charge in [0.15, 0.2) is 0 Å². The lowest BCUT2D eigenvalue weighted by molar-refractivity contribution is 1.57. The first-order chi connectivity index (χ1) is 1.91. The van der Waals surface area contributed by atoms with E-state index in [0.29, 0.717) is 0 Å². The molecule has 8 heavy (non-hydrogen) atoms. The minimum absolute atomic E-state index is 0. The topological polar surface area (TPSA) is 0 Å². The van der Waals surface area contributed by atoms with Crippen LogP contribution in [-0.2, 0) is 0 Å². The summed E-state index contributed by atoms with van der Waals surface area (Å²) >= 11 is 0. The summed E-state index contributed by atoms with van der Waals surface area (Å²) in [5, 5.41) is 0. The van der Waals surface area contributed by atoms with Crippen molar-refractivity contribution in [1.29, 1.82) is 0 Å². The molecule has 0 bridgehead atoms. The van der Waals surface area contributed by atoms with Gasteiger partial charge in [0.1, 0.15) is 0 Å². The van der Waals surface area contributed by atoms with E-state index < -0.39 is 0 Å². The standard InChI is InChI=1S/C2H8P2.4ClH/c3-1-2-4;;;;/h1-4H2;4*1H/p+2. The van der Waals surface area contributed by atoms with Gasteiger partial charge in [0.25, 0.3) is 0 Å². The SMILES string of the molecule is Cl.Cl.Cl.Cl.[PH3+]CC[PH3+]. The van der Waals surface area contributed by atoms with Gasteiger partial charge in [0.05, 0.1) is 12.3 Å². The van der Waals surface area contributed by atoms with Crippen molar-refractivity contribution in [2.24, 2.45) is 0 Å². The smallest absolute Gasteiger partial charge is 0.0856 e. The average molecular weight is 242 g/mol. The molecule has 58 valence electrons. The van der Waals surface area contributed by atoms with E-state index in [2.05, 4.69) is 0 Å². The van der Waals surface area contributed by atoms with E-state index in [1.165, 1.54) is 12.3 Å². The Bertz CT molecular complexity index is 14.0. The van der Waals surface area contributed by atoms with Crippen LogP contribution in [0.4, 0.5) is 0 Å². The summed E-state index contributed by atoms with van der Waals surface area (Å²) in [5.74, 6) is 0. The Kier molecular flexibility index (Phi) is 145. The summed E-state index contributed by atoms with van der Waals surface area (Å²) in [4.78, 5) is 0. The summed E-state index contributed by atoms with van der Waals surface area (Å²) in [7, 11) is 4.06. The highest BCUT2D eigenvalue weighted by Gasteiger charge is 1.68. The Balaban J connectivity index is -0.00000000750. The van der Waals surface area contributed by atoms with Gasteiger partial charge in [-0.3, -0.25) is 0 Å². The van der Waals surface area contributed by atoms with Crippen LogP contribution in [0.5, 0.6) is 0 Å². The van der Waals surface area contributed by atoms with E-state index in [1.807, 2.05) is 18.5 Å².